The van der Waals surface area contributed by atoms with E-state index in [2.05, 4.69) is 9.97 Å². The number of fused-ring (bicyclic) bond motifs is 1. The molecule has 0 radical (unpaired) electrons. The number of rotatable bonds is 6. The van der Waals surface area contributed by atoms with Gasteiger partial charge in [0.15, 0.2) is 5.65 Å². The van der Waals surface area contributed by atoms with Gasteiger partial charge < -0.3 is 14.0 Å². The van der Waals surface area contributed by atoms with Crippen LogP contribution in [0, 0.1) is 0 Å². The van der Waals surface area contributed by atoms with Gasteiger partial charge in [-0.3, -0.25) is 0 Å². The molecule has 2 aromatic carbocycles. The summed E-state index contributed by atoms with van der Waals surface area (Å²) < 4.78 is 13.6. The molecule has 124 valence electrons. The third kappa shape index (κ3) is 3.61. The molecular weight excluding hydrogens is 314 g/mol. The highest BCUT2D eigenvalue weighted by molar-refractivity contribution is 5.70. The lowest BCUT2D eigenvalue weighted by Crippen LogP contribution is -2.07. The van der Waals surface area contributed by atoms with Gasteiger partial charge in [0.05, 0.1) is 18.4 Å². The summed E-state index contributed by atoms with van der Waals surface area (Å²) in [5.74, 6) is 2.41. The Bertz CT molecular complexity index is 950. The Morgan fingerprint density at radius 1 is 0.760 bits per heavy atom. The first-order valence-electron chi connectivity index (χ1n) is 8.10. The number of ether oxygens (including phenoxy) is 2. The molecule has 25 heavy (non-hydrogen) atoms. The van der Waals surface area contributed by atoms with Gasteiger partial charge in [-0.25, -0.2) is 9.97 Å². The van der Waals surface area contributed by atoms with Crippen molar-refractivity contribution in [1.82, 2.24) is 14.5 Å². The van der Waals surface area contributed by atoms with Crippen molar-refractivity contribution < 1.29 is 9.47 Å². The molecule has 0 aliphatic rings. The zero-order valence-electron chi connectivity index (χ0n) is 13.6. The summed E-state index contributed by atoms with van der Waals surface area (Å²) in [5, 5.41) is 0. The quantitative estimate of drug-likeness (QED) is 0.528. The second kappa shape index (κ2) is 7.05. The van der Waals surface area contributed by atoms with Crippen molar-refractivity contribution in [2.75, 3.05) is 6.61 Å². The third-order valence-electron chi connectivity index (χ3n) is 3.80. The topological polar surface area (TPSA) is 49.2 Å². The van der Waals surface area contributed by atoms with Crippen LogP contribution in [0.2, 0.25) is 0 Å². The molecule has 5 nitrogen and oxygen atoms in total. The van der Waals surface area contributed by atoms with Crippen molar-refractivity contribution in [2.45, 2.75) is 6.54 Å². The number of pyridine rings is 1. The van der Waals surface area contributed by atoms with E-state index in [0.717, 1.165) is 28.4 Å². The Morgan fingerprint density at radius 2 is 1.52 bits per heavy atom. The molecule has 0 amide bonds. The van der Waals surface area contributed by atoms with Crippen molar-refractivity contribution in [2.24, 2.45) is 0 Å². The largest absolute Gasteiger partial charge is 0.492 e. The Morgan fingerprint density at radius 3 is 2.36 bits per heavy atom. The smallest absolute Gasteiger partial charge is 0.177 e. The van der Waals surface area contributed by atoms with E-state index in [-0.39, 0.29) is 0 Å². The lowest BCUT2D eigenvalue weighted by molar-refractivity contribution is 0.299. The molecule has 0 aliphatic heterocycles. The lowest BCUT2D eigenvalue weighted by Gasteiger charge is -2.09. The van der Waals surface area contributed by atoms with Crippen LogP contribution in [-0.2, 0) is 6.54 Å². The van der Waals surface area contributed by atoms with E-state index in [0.29, 0.717) is 13.2 Å². The number of para-hydroxylation sites is 1. The minimum Gasteiger partial charge on any atom is -0.492 e. The molecule has 0 bridgehead atoms. The Kier molecular flexibility index (Phi) is 4.29. The number of aromatic nitrogens is 3. The van der Waals surface area contributed by atoms with Crippen molar-refractivity contribution in [3.05, 3.63) is 79.3 Å². The molecule has 0 spiro atoms. The molecular formula is C20H17N3O2. The summed E-state index contributed by atoms with van der Waals surface area (Å²) >= 11 is 0. The minimum atomic E-state index is 0.555. The van der Waals surface area contributed by atoms with Gasteiger partial charge in [-0.2, -0.15) is 0 Å². The van der Waals surface area contributed by atoms with E-state index in [4.69, 9.17) is 9.47 Å². The van der Waals surface area contributed by atoms with E-state index in [1.807, 2.05) is 71.3 Å². The number of hydrogen-bond acceptors (Lipinski definition) is 4. The first kappa shape index (κ1) is 15.2. The fraction of sp³-hybridized carbons (Fsp3) is 0.100. The zero-order chi connectivity index (χ0) is 16.9. The lowest BCUT2D eigenvalue weighted by atomic mass is 10.3. The van der Waals surface area contributed by atoms with Crippen LogP contribution in [0.3, 0.4) is 0 Å². The van der Waals surface area contributed by atoms with Crippen LogP contribution in [0.25, 0.3) is 11.2 Å². The van der Waals surface area contributed by atoms with Crippen molar-refractivity contribution in [3.8, 4) is 17.2 Å². The molecule has 2 aromatic heterocycles. The number of nitrogens with zero attached hydrogens (tertiary/aromatic N) is 3. The van der Waals surface area contributed by atoms with Crippen LogP contribution < -0.4 is 9.47 Å². The van der Waals surface area contributed by atoms with Crippen molar-refractivity contribution in [3.63, 3.8) is 0 Å². The van der Waals surface area contributed by atoms with Crippen LogP contribution in [0.4, 0.5) is 0 Å². The molecule has 5 heteroatoms. The van der Waals surface area contributed by atoms with Crippen LogP contribution in [0.5, 0.6) is 17.2 Å². The number of benzene rings is 2. The summed E-state index contributed by atoms with van der Waals surface area (Å²) in [4.78, 5) is 8.50. The van der Waals surface area contributed by atoms with Crippen molar-refractivity contribution >= 4 is 11.2 Å². The number of hydrogen-bond donors (Lipinski definition) is 0. The standard InChI is InChI=1S/C20H17N3O2/c1-2-5-17(6-3-1)25-18-10-8-16(9-11-18)24-14-13-23-15-22-20-19(23)7-4-12-21-20/h1-12,15H,13-14H2. The molecule has 0 fully saturated rings. The number of imidazole rings is 1. The van der Waals surface area contributed by atoms with E-state index in [1.165, 1.54) is 0 Å². The maximum atomic E-state index is 5.81. The predicted molar refractivity (Wildman–Crippen MR) is 96.0 cm³/mol. The Balaban J connectivity index is 1.34. The summed E-state index contributed by atoms with van der Waals surface area (Å²) in [5.41, 5.74) is 1.77. The molecule has 0 aliphatic carbocycles. The van der Waals surface area contributed by atoms with E-state index >= 15 is 0 Å². The summed E-state index contributed by atoms with van der Waals surface area (Å²) in [6.45, 7) is 1.27. The van der Waals surface area contributed by atoms with E-state index < -0.39 is 0 Å². The Hall–Kier alpha value is -3.34. The average Bonchev–Trinajstić information content (AvgIpc) is 3.07. The van der Waals surface area contributed by atoms with Gasteiger partial charge >= 0.3 is 0 Å². The van der Waals surface area contributed by atoms with Gasteiger partial charge in [-0.15, -0.1) is 0 Å². The van der Waals surface area contributed by atoms with Gasteiger partial charge in [-0.1, -0.05) is 18.2 Å². The normalized spacial score (nSPS) is 10.7. The van der Waals surface area contributed by atoms with E-state index in [9.17, 15) is 0 Å². The first-order valence-corrected chi connectivity index (χ1v) is 8.10. The highest BCUT2D eigenvalue weighted by Gasteiger charge is 2.03. The molecule has 4 rings (SSSR count). The van der Waals surface area contributed by atoms with Crippen LogP contribution in [-0.4, -0.2) is 21.1 Å². The average molecular weight is 331 g/mol. The van der Waals surface area contributed by atoms with Crippen LogP contribution >= 0.6 is 0 Å². The molecule has 0 saturated heterocycles. The Labute approximate surface area is 145 Å². The molecule has 4 aromatic rings. The SMILES string of the molecule is c1ccc(Oc2ccc(OCCn3cnc4ncccc43)cc2)cc1. The second-order valence-electron chi connectivity index (χ2n) is 5.52. The van der Waals surface area contributed by atoms with Gasteiger partial charge in [0, 0.05) is 6.20 Å². The van der Waals surface area contributed by atoms with Crippen LogP contribution in [0.1, 0.15) is 0 Å². The maximum absolute atomic E-state index is 5.81. The first-order chi connectivity index (χ1) is 12.4. The van der Waals surface area contributed by atoms with Gasteiger partial charge in [-0.05, 0) is 48.5 Å². The monoisotopic (exact) mass is 331 g/mol. The predicted octanol–water partition coefficient (Wildman–Crippen LogP) is 4.30. The van der Waals surface area contributed by atoms with Gasteiger partial charge in [0.2, 0.25) is 0 Å². The highest BCUT2D eigenvalue weighted by Crippen LogP contribution is 2.23. The fourth-order valence-corrected chi connectivity index (χ4v) is 2.57. The fourth-order valence-electron chi connectivity index (χ4n) is 2.57. The third-order valence-corrected chi connectivity index (χ3v) is 3.80. The van der Waals surface area contributed by atoms with Crippen LogP contribution in [0.15, 0.2) is 79.3 Å². The maximum Gasteiger partial charge on any atom is 0.177 e. The molecule has 0 N–H and O–H groups in total. The van der Waals surface area contributed by atoms with E-state index in [1.54, 1.807) is 12.5 Å². The van der Waals surface area contributed by atoms with Gasteiger partial charge in [0.25, 0.3) is 0 Å². The summed E-state index contributed by atoms with van der Waals surface area (Å²) in [6, 6.07) is 21.2. The zero-order valence-corrected chi connectivity index (χ0v) is 13.6. The molecule has 0 saturated carbocycles. The van der Waals surface area contributed by atoms with Crippen molar-refractivity contribution in [1.29, 1.82) is 0 Å². The van der Waals surface area contributed by atoms with Gasteiger partial charge in [0.1, 0.15) is 23.9 Å². The summed E-state index contributed by atoms with van der Waals surface area (Å²) in [7, 11) is 0. The highest BCUT2D eigenvalue weighted by atomic mass is 16.5. The molecule has 0 unspecified atom stereocenters. The second-order valence-corrected chi connectivity index (χ2v) is 5.52. The molecule has 0 atom stereocenters. The summed E-state index contributed by atoms with van der Waals surface area (Å²) in [6.07, 6.45) is 3.53. The minimum absolute atomic E-state index is 0.555. The molecule has 2 heterocycles.